The van der Waals surface area contributed by atoms with Crippen molar-refractivity contribution in [3.05, 3.63) is 29.8 Å². The molecule has 2 atom stereocenters. The first-order chi connectivity index (χ1) is 10.1. The Morgan fingerprint density at radius 1 is 1.29 bits per heavy atom. The number of ether oxygens (including phenoxy) is 2. The molecule has 1 aliphatic rings. The second kappa shape index (κ2) is 7.76. The fourth-order valence-corrected chi connectivity index (χ4v) is 2.93. The van der Waals surface area contributed by atoms with Crippen molar-refractivity contribution in [2.75, 3.05) is 26.9 Å². The Kier molecular flexibility index (Phi) is 6.00. The summed E-state index contributed by atoms with van der Waals surface area (Å²) in [6, 6.07) is 7.65. The summed E-state index contributed by atoms with van der Waals surface area (Å²) in [6.45, 7) is 3.58. The van der Waals surface area contributed by atoms with Crippen LogP contribution in [0.1, 0.15) is 38.2 Å². The molecule has 118 valence electrons. The molecule has 0 radical (unpaired) electrons. The normalized spacial score (nSPS) is 21.8. The first kappa shape index (κ1) is 16.2. The summed E-state index contributed by atoms with van der Waals surface area (Å²) in [5.41, 5.74) is -0.757. The molecule has 0 bridgehead atoms. The molecule has 21 heavy (non-hydrogen) atoms. The summed E-state index contributed by atoms with van der Waals surface area (Å²) < 4.78 is 25.9. The molecule has 0 spiro atoms. The van der Waals surface area contributed by atoms with Crippen molar-refractivity contribution in [3.63, 3.8) is 0 Å². The number of alkyl halides is 1. The van der Waals surface area contributed by atoms with Crippen molar-refractivity contribution in [1.82, 2.24) is 5.32 Å². The molecule has 2 unspecified atom stereocenters. The first-order valence-electron chi connectivity index (χ1n) is 7.77. The predicted octanol–water partition coefficient (Wildman–Crippen LogP) is 3.43. The van der Waals surface area contributed by atoms with Crippen LogP contribution in [-0.4, -0.2) is 32.9 Å². The maximum absolute atomic E-state index is 15.2. The summed E-state index contributed by atoms with van der Waals surface area (Å²) in [6.07, 6.45) is 3.90. The highest BCUT2D eigenvalue weighted by Gasteiger charge is 2.32. The molecule has 1 aromatic carbocycles. The fraction of sp³-hybridized carbons (Fsp3) is 0.647. The number of methoxy groups -OCH3 is 1. The van der Waals surface area contributed by atoms with Gasteiger partial charge in [-0.05, 0) is 32.4 Å². The zero-order valence-electron chi connectivity index (χ0n) is 13.0. The van der Waals surface area contributed by atoms with Gasteiger partial charge in [0.1, 0.15) is 18.0 Å². The van der Waals surface area contributed by atoms with Gasteiger partial charge in [-0.2, -0.15) is 0 Å². The molecule has 1 aliphatic heterocycles. The van der Waals surface area contributed by atoms with Crippen LogP contribution in [0.3, 0.4) is 0 Å². The van der Waals surface area contributed by atoms with E-state index in [0.29, 0.717) is 30.9 Å². The lowest BCUT2D eigenvalue weighted by molar-refractivity contribution is 0.126. The lowest BCUT2D eigenvalue weighted by Crippen LogP contribution is -2.38. The molecule has 0 amide bonds. The quantitative estimate of drug-likeness (QED) is 0.782. The van der Waals surface area contributed by atoms with Gasteiger partial charge in [-0.15, -0.1) is 0 Å². The number of benzene rings is 1. The lowest BCUT2D eigenvalue weighted by atomic mass is 9.87. The van der Waals surface area contributed by atoms with Crippen molar-refractivity contribution in [2.24, 2.45) is 0 Å². The van der Waals surface area contributed by atoms with Crippen molar-refractivity contribution < 1.29 is 13.9 Å². The Morgan fingerprint density at radius 3 is 2.81 bits per heavy atom. The molecule has 3 nitrogen and oxygen atoms in total. The highest BCUT2D eigenvalue weighted by molar-refractivity contribution is 5.37. The summed E-state index contributed by atoms with van der Waals surface area (Å²) in [4.78, 5) is 0. The molecule has 0 aliphatic carbocycles. The van der Waals surface area contributed by atoms with Crippen LogP contribution < -0.4 is 10.1 Å². The molecule has 0 saturated carbocycles. The van der Waals surface area contributed by atoms with Crippen LogP contribution in [0.25, 0.3) is 0 Å². The van der Waals surface area contributed by atoms with Crippen LogP contribution in [0.4, 0.5) is 4.39 Å². The fourth-order valence-electron chi connectivity index (χ4n) is 2.93. The summed E-state index contributed by atoms with van der Waals surface area (Å²) >= 11 is 0. The van der Waals surface area contributed by atoms with Gasteiger partial charge in [0.25, 0.3) is 0 Å². The van der Waals surface area contributed by atoms with Crippen molar-refractivity contribution in [2.45, 2.75) is 44.3 Å². The van der Waals surface area contributed by atoms with E-state index in [1.54, 1.807) is 14.0 Å². The van der Waals surface area contributed by atoms with Crippen LogP contribution in [0.2, 0.25) is 0 Å². The van der Waals surface area contributed by atoms with Crippen LogP contribution in [0.5, 0.6) is 5.75 Å². The van der Waals surface area contributed by atoms with Gasteiger partial charge >= 0.3 is 0 Å². The minimum atomic E-state index is -1.39. The monoisotopic (exact) mass is 295 g/mol. The molecular formula is C17H26FNO2. The third-order valence-electron chi connectivity index (χ3n) is 4.04. The van der Waals surface area contributed by atoms with Gasteiger partial charge in [-0.25, -0.2) is 4.39 Å². The van der Waals surface area contributed by atoms with Crippen LogP contribution in [0.15, 0.2) is 24.3 Å². The molecule has 2 rings (SSSR count). The molecule has 1 heterocycles. The molecular weight excluding hydrogens is 269 g/mol. The van der Waals surface area contributed by atoms with Crippen LogP contribution >= 0.6 is 0 Å². The second-order valence-corrected chi connectivity index (χ2v) is 5.89. The van der Waals surface area contributed by atoms with Crippen LogP contribution in [0, 0.1) is 0 Å². The van der Waals surface area contributed by atoms with E-state index >= 15 is 4.39 Å². The predicted molar refractivity (Wildman–Crippen MR) is 82.5 cm³/mol. The van der Waals surface area contributed by atoms with Crippen molar-refractivity contribution in [3.8, 4) is 5.75 Å². The maximum atomic E-state index is 15.2. The SMILES string of the molecule is COCCOc1ccccc1C(C)(F)CC1CCCCN1. The Labute approximate surface area is 126 Å². The number of hydrogen-bond donors (Lipinski definition) is 1. The van der Waals surface area contributed by atoms with E-state index in [1.807, 2.05) is 24.3 Å². The highest BCUT2D eigenvalue weighted by Crippen LogP contribution is 2.37. The summed E-state index contributed by atoms with van der Waals surface area (Å²) in [7, 11) is 1.63. The van der Waals surface area contributed by atoms with E-state index in [0.717, 1.165) is 13.0 Å². The van der Waals surface area contributed by atoms with E-state index in [-0.39, 0.29) is 6.04 Å². The molecule has 1 N–H and O–H groups in total. The zero-order chi connectivity index (χ0) is 15.1. The van der Waals surface area contributed by atoms with E-state index in [1.165, 1.54) is 12.8 Å². The number of hydrogen-bond acceptors (Lipinski definition) is 3. The number of halogens is 1. The van der Waals surface area contributed by atoms with E-state index in [4.69, 9.17) is 9.47 Å². The van der Waals surface area contributed by atoms with E-state index < -0.39 is 5.67 Å². The third-order valence-corrected chi connectivity index (χ3v) is 4.04. The topological polar surface area (TPSA) is 30.5 Å². The first-order valence-corrected chi connectivity index (χ1v) is 7.77. The zero-order valence-corrected chi connectivity index (χ0v) is 13.0. The average Bonchev–Trinajstić information content (AvgIpc) is 2.48. The molecule has 1 aromatic rings. The number of para-hydroxylation sites is 1. The number of piperidine rings is 1. The second-order valence-electron chi connectivity index (χ2n) is 5.89. The largest absolute Gasteiger partial charge is 0.491 e. The van der Waals surface area contributed by atoms with Gasteiger partial charge in [-0.3, -0.25) is 0 Å². The average molecular weight is 295 g/mol. The van der Waals surface area contributed by atoms with Gasteiger partial charge in [0.05, 0.1) is 6.61 Å². The Bertz CT molecular complexity index is 431. The highest BCUT2D eigenvalue weighted by atomic mass is 19.1. The number of rotatable bonds is 7. The Balaban J connectivity index is 2.06. The van der Waals surface area contributed by atoms with Gasteiger partial charge < -0.3 is 14.8 Å². The molecule has 1 saturated heterocycles. The third kappa shape index (κ3) is 4.68. The van der Waals surface area contributed by atoms with Crippen LogP contribution in [-0.2, 0) is 10.4 Å². The Morgan fingerprint density at radius 2 is 2.10 bits per heavy atom. The van der Waals surface area contributed by atoms with Gasteiger partial charge in [0.15, 0.2) is 0 Å². The smallest absolute Gasteiger partial charge is 0.138 e. The molecule has 1 fully saturated rings. The maximum Gasteiger partial charge on any atom is 0.138 e. The van der Waals surface area contributed by atoms with Crippen molar-refractivity contribution >= 4 is 0 Å². The standard InChI is InChI=1S/C17H26FNO2/c1-17(18,13-14-7-5-6-10-19-14)15-8-3-4-9-16(15)21-12-11-20-2/h3-4,8-9,14,19H,5-7,10-13H2,1-2H3. The molecule has 4 heteroatoms. The van der Waals surface area contributed by atoms with Crippen molar-refractivity contribution in [1.29, 1.82) is 0 Å². The van der Waals surface area contributed by atoms with Gasteiger partial charge in [0.2, 0.25) is 0 Å². The van der Waals surface area contributed by atoms with E-state index in [2.05, 4.69) is 5.32 Å². The minimum absolute atomic E-state index is 0.251. The summed E-state index contributed by atoms with van der Waals surface area (Å²) in [5.74, 6) is 0.621. The molecule has 0 aromatic heterocycles. The Hall–Kier alpha value is -1.13. The summed E-state index contributed by atoms with van der Waals surface area (Å²) in [5, 5.41) is 3.42. The number of nitrogens with one attached hydrogen (secondary N) is 1. The van der Waals surface area contributed by atoms with Gasteiger partial charge in [-0.1, -0.05) is 24.6 Å². The van der Waals surface area contributed by atoms with Gasteiger partial charge in [0, 0.05) is 25.1 Å². The lowest BCUT2D eigenvalue weighted by Gasteiger charge is -2.31. The minimum Gasteiger partial charge on any atom is -0.491 e. The van der Waals surface area contributed by atoms with E-state index in [9.17, 15) is 0 Å².